The van der Waals surface area contributed by atoms with Crippen LogP contribution in [0, 0.1) is 0 Å². The van der Waals surface area contributed by atoms with E-state index < -0.39 is 15.4 Å². The second-order valence-electron chi connectivity index (χ2n) is 3.67. The molecular weight excluding hydrogens is 356 g/mol. The van der Waals surface area contributed by atoms with Gasteiger partial charge in [-0.25, -0.2) is 8.42 Å². The molecule has 0 spiro atoms. The first-order valence-electron chi connectivity index (χ1n) is 4.73. The third kappa shape index (κ3) is 5.63. The van der Waals surface area contributed by atoms with Gasteiger partial charge in [-0.05, 0) is 25.7 Å². The smallest absolute Gasteiger partial charge is 0.748 e. The van der Waals surface area contributed by atoms with Crippen LogP contribution in [0.3, 0.4) is 0 Å². The molecule has 0 bridgehead atoms. The standard InChI is InChI=1S/C8H14INO4S.Na/c9-5-8(11)10-6-1-3-7(4-2-6)15(12,13)14;/h6-7H,1-5H2,(H,10,11)(H,12,13,14);/q;+1/p-1. The molecule has 88 valence electrons. The van der Waals surface area contributed by atoms with Crippen LogP contribution >= 0.6 is 22.6 Å². The van der Waals surface area contributed by atoms with Crippen LogP contribution in [0.25, 0.3) is 0 Å². The Morgan fingerprint density at radius 1 is 1.31 bits per heavy atom. The summed E-state index contributed by atoms with van der Waals surface area (Å²) in [6.07, 6.45) is 1.87. The van der Waals surface area contributed by atoms with Crippen LogP contribution in [0.1, 0.15) is 25.7 Å². The SMILES string of the molecule is O=C(CI)NC1CCC(S(=O)(=O)[O-])CC1.[Na+]. The zero-order valence-corrected chi connectivity index (χ0v) is 14.1. The van der Waals surface area contributed by atoms with E-state index in [2.05, 4.69) is 5.32 Å². The van der Waals surface area contributed by atoms with Crippen molar-refractivity contribution in [1.29, 1.82) is 0 Å². The zero-order valence-electron chi connectivity index (χ0n) is 9.11. The Morgan fingerprint density at radius 3 is 2.19 bits per heavy atom. The topological polar surface area (TPSA) is 86.3 Å². The van der Waals surface area contributed by atoms with Gasteiger partial charge in [0.15, 0.2) is 0 Å². The molecule has 8 heteroatoms. The molecule has 0 radical (unpaired) electrons. The van der Waals surface area contributed by atoms with Crippen molar-refractivity contribution in [3.63, 3.8) is 0 Å². The molecule has 1 fully saturated rings. The molecule has 0 aromatic carbocycles. The van der Waals surface area contributed by atoms with Gasteiger partial charge in [0, 0.05) is 11.3 Å². The van der Waals surface area contributed by atoms with Crippen LogP contribution in [0.4, 0.5) is 0 Å². The van der Waals surface area contributed by atoms with Gasteiger partial charge in [-0.3, -0.25) is 4.79 Å². The van der Waals surface area contributed by atoms with Crippen LogP contribution in [-0.2, 0) is 14.9 Å². The molecule has 1 saturated carbocycles. The van der Waals surface area contributed by atoms with E-state index in [0.717, 1.165) is 0 Å². The minimum Gasteiger partial charge on any atom is -0.748 e. The average molecular weight is 369 g/mol. The monoisotopic (exact) mass is 369 g/mol. The third-order valence-electron chi connectivity index (χ3n) is 2.57. The van der Waals surface area contributed by atoms with Crippen LogP contribution in [0.5, 0.6) is 0 Å². The van der Waals surface area contributed by atoms with Crippen LogP contribution < -0.4 is 34.9 Å². The molecule has 5 nitrogen and oxygen atoms in total. The summed E-state index contributed by atoms with van der Waals surface area (Å²) in [6, 6.07) is 0.0327. The minimum atomic E-state index is -4.15. The summed E-state index contributed by atoms with van der Waals surface area (Å²) in [5, 5.41) is 2.04. The molecular formula is C8H13INNaO4S. The average Bonchev–Trinajstić information content (AvgIpc) is 2.17. The molecule has 0 aliphatic heterocycles. The Balaban J connectivity index is 0.00000225. The summed E-state index contributed by atoms with van der Waals surface area (Å²) in [6.45, 7) is 0. The first-order chi connectivity index (χ1) is 6.93. The van der Waals surface area contributed by atoms with Gasteiger partial charge < -0.3 is 9.87 Å². The molecule has 1 rings (SSSR count). The Hall–Kier alpha value is 1.11. The molecule has 16 heavy (non-hydrogen) atoms. The zero-order chi connectivity index (χ0) is 11.5. The number of carbonyl (C=O) groups is 1. The van der Waals surface area contributed by atoms with Gasteiger partial charge in [0.05, 0.1) is 14.5 Å². The normalized spacial score (nSPS) is 25.6. The largest absolute Gasteiger partial charge is 1.00 e. The first kappa shape index (κ1) is 17.1. The number of hydrogen-bond acceptors (Lipinski definition) is 4. The first-order valence-corrected chi connectivity index (χ1v) is 7.73. The summed E-state index contributed by atoms with van der Waals surface area (Å²) >= 11 is 1.97. The molecule has 0 aromatic rings. The molecule has 0 aromatic heterocycles. The fraction of sp³-hybridized carbons (Fsp3) is 0.875. The molecule has 0 unspecified atom stereocenters. The maximum atomic E-state index is 11.1. The Kier molecular flexibility index (Phi) is 8.05. The third-order valence-corrected chi connectivity index (χ3v) is 4.55. The van der Waals surface area contributed by atoms with E-state index in [1.54, 1.807) is 0 Å². The fourth-order valence-corrected chi connectivity index (χ4v) is 2.83. The summed E-state index contributed by atoms with van der Waals surface area (Å²) in [7, 11) is -4.15. The maximum Gasteiger partial charge on any atom is 1.00 e. The van der Waals surface area contributed by atoms with E-state index in [1.807, 2.05) is 22.6 Å². The number of carbonyl (C=O) groups excluding carboxylic acids is 1. The fourth-order valence-electron chi connectivity index (χ4n) is 1.76. The van der Waals surface area contributed by atoms with Gasteiger partial charge in [0.25, 0.3) is 0 Å². The predicted octanol–water partition coefficient (Wildman–Crippen LogP) is -2.60. The molecule has 0 atom stereocenters. The van der Waals surface area contributed by atoms with Crippen LogP contribution in [0.2, 0.25) is 0 Å². The van der Waals surface area contributed by atoms with E-state index in [4.69, 9.17) is 0 Å². The number of alkyl halides is 1. The second-order valence-corrected chi connectivity index (χ2v) is 6.08. The van der Waals surface area contributed by atoms with Gasteiger partial charge in [-0.1, -0.05) is 22.6 Å². The second kappa shape index (κ2) is 7.52. The molecule has 1 amide bonds. The summed E-state index contributed by atoms with van der Waals surface area (Å²) in [5.74, 6) is -0.0379. The number of hydrogen-bond donors (Lipinski definition) is 1. The van der Waals surface area contributed by atoms with Crippen LogP contribution in [0.15, 0.2) is 0 Å². The summed E-state index contributed by atoms with van der Waals surface area (Å²) in [4.78, 5) is 11.1. The Labute approximate surface area is 131 Å². The van der Waals surface area contributed by atoms with Crippen molar-refractivity contribution < 1.29 is 47.3 Å². The molecule has 0 heterocycles. The summed E-state index contributed by atoms with van der Waals surface area (Å²) < 4.78 is 32.6. The van der Waals surface area contributed by atoms with Crippen LogP contribution in [-0.4, -0.2) is 34.6 Å². The van der Waals surface area contributed by atoms with Crippen molar-refractivity contribution in [2.75, 3.05) is 4.43 Å². The Morgan fingerprint density at radius 2 is 1.81 bits per heavy atom. The summed E-state index contributed by atoms with van der Waals surface area (Å²) in [5.41, 5.74) is 0. The maximum absolute atomic E-state index is 11.1. The number of halogens is 1. The van der Waals surface area contributed by atoms with Crippen molar-refractivity contribution in [2.45, 2.75) is 37.0 Å². The minimum absolute atomic E-state index is 0. The van der Waals surface area contributed by atoms with Gasteiger partial charge >= 0.3 is 29.6 Å². The predicted molar refractivity (Wildman–Crippen MR) is 62.8 cm³/mol. The van der Waals surface area contributed by atoms with E-state index in [9.17, 15) is 17.8 Å². The van der Waals surface area contributed by atoms with Crippen molar-refractivity contribution in [3.05, 3.63) is 0 Å². The number of nitrogens with one attached hydrogen (secondary N) is 1. The van der Waals surface area contributed by atoms with Crippen molar-refractivity contribution >= 4 is 38.6 Å². The number of amides is 1. The van der Waals surface area contributed by atoms with Crippen molar-refractivity contribution in [3.8, 4) is 0 Å². The number of rotatable bonds is 3. The molecule has 0 saturated heterocycles. The Bertz CT molecular complexity index is 327. The van der Waals surface area contributed by atoms with E-state index in [-0.39, 0.29) is 41.5 Å². The quantitative estimate of drug-likeness (QED) is 0.256. The molecule has 1 N–H and O–H groups in total. The van der Waals surface area contributed by atoms with Crippen molar-refractivity contribution in [2.24, 2.45) is 0 Å². The van der Waals surface area contributed by atoms with Gasteiger partial charge in [0.2, 0.25) is 5.91 Å². The molecule has 1 aliphatic rings. The van der Waals surface area contributed by atoms with Gasteiger partial charge in [-0.2, -0.15) is 0 Å². The van der Waals surface area contributed by atoms with Crippen molar-refractivity contribution in [1.82, 2.24) is 5.32 Å². The van der Waals surface area contributed by atoms with E-state index >= 15 is 0 Å². The van der Waals surface area contributed by atoms with Gasteiger partial charge in [-0.15, -0.1) is 0 Å². The van der Waals surface area contributed by atoms with Gasteiger partial charge in [0.1, 0.15) is 0 Å². The molecule has 1 aliphatic carbocycles. The van der Waals surface area contributed by atoms with E-state index in [1.165, 1.54) is 0 Å². The van der Waals surface area contributed by atoms with E-state index in [0.29, 0.717) is 30.1 Å².